The topological polar surface area (TPSA) is 16.1 Å². The summed E-state index contributed by atoms with van der Waals surface area (Å²) in [6.45, 7) is 4.55. The van der Waals surface area contributed by atoms with Crippen LogP contribution in [0, 0.1) is 18.8 Å². The molecule has 0 bridgehead atoms. The Morgan fingerprint density at radius 3 is 2.78 bits per heavy atom. The van der Waals surface area contributed by atoms with E-state index in [1.165, 1.54) is 56.6 Å². The third kappa shape index (κ3) is 2.42. The van der Waals surface area contributed by atoms with Crippen LogP contribution in [0.4, 0.5) is 5.82 Å². The average molecular weight is 309 g/mol. The van der Waals surface area contributed by atoms with Gasteiger partial charge in [0.15, 0.2) is 0 Å². The van der Waals surface area contributed by atoms with E-state index in [9.17, 15) is 0 Å². The minimum absolute atomic E-state index is 0.915. The van der Waals surface area contributed by atoms with Crippen LogP contribution >= 0.6 is 15.9 Å². The quantitative estimate of drug-likeness (QED) is 0.774. The monoisotopic (exact) mass is 308 g/mol. The molecule has 2 atom stereocenters. The van der Waals surface area contributed by atoms with Crippen LogP contribution in [0.5, 0.6) is 0 Å². The first-order valence-corrected chi connectivity index (χ1v) is 7.90. The molecule has 0 aromatic carbocycles. The maximum Gasteiger partial charge on any atom is 0.128 e. The molecule has 0 radical (unpaired) electrons. The van der Waals surface area contributed by atoms with Crippen molar-refractivity contribution in [1.82, 2.24) is 4.98 Å². The molecule has 98 valence electrons. The smallest absolute Gasteiger partial charge is 0.128 e. The van der Waals surface area contributed by atoms with Crippen molar-refractivity contribution in [3.8, 4) is 0 Å². The average Bonchev–Trinajstić information content (AvgIpc) is 2.41. The Balaban J connectivity index is 1.75. The van der Waals surface area contributed by atoms with Gasteiger partial charge in [0.05, 0.1) is 0 Å². The molecule has 3 heteroatoms. The van der Waals surface area contributed by atoms with Crippen LogP contribution in [-0.2, 0) is 0 Å². The first kappa shape index (κ1) is 12.5. The van der Waals surface area contributed by atoms with E-state index in [-0.39, 0.29) is 0 Å². The zero-order valence-electron chi connectivity index (χ0n) is 11.0. The number of rotatable bonds is 1. The van der Waals surface area contributed by atoms with Gasteiger partial charge in [-0.3, -0.25) is 0 Å². The van der Waals surface area contributed by atoms with Crippen LogP contribution in [0.1, 0.15) is 37.7 Å². The van der Waals surface area contributed by atoms with Gasteiger partial charge in [0.25, 0.3) is 0 Å². The second-order valence-corrected chi connectivity index (χ2v) is 6.69. The standard InChI is InChI=1S/C15H21BrN2/c1-11-8-15(17-9-14(11)16)18-7-6-12-4-2-3-5-13(12)10-18/h8-9,12-13H,2-7,10H2,1H3. The van der Waals surface area contributed by atoms with Gasteiger partial charge < -0.3 is 4.90 Å². The number of piperidine rings is 1. The van der Waals surface area contributed by atoms with E-state index in [0.29, 0.717) is 0 Å². The fourth-order valence-corrected chi connectivity index (χ4v) is 3.72. The van der Waals surface area contributed by atoms with Crippen molar-refractivity contribution in [1.29, 1.82) is 0 Å². The van der Waals surface area contributed by atoms with Crippen LogP contribution in [0.25, 0.3) is 0 Å². The van der Waals surface area contributed by atoms with Crippen molar-refractivity contribution in [2.75, 3.05) is 18.0 Å². The summed E-state index contributed by atoms with van der Waals surface area (Å²) < 4.78 is 1.11. The lowest BCUT2D eigenvalue weighted by molar-refractivity contribution is 0.202. The number of hydrogen-bond donors (Lipinski definition) is 0. The maximum atomic E-state index is 4.58. The Labute approximate surface area is 118 Å². The summed E-state index contributed by atoms with van der Waals surface area (Å²) >= 11 is 3.53. The highest BCUT2D eigenvalue weighted by Gasteiger charge is 2.31. The van der Waals surface area contributed by atoms with Crippen molar-refractivity contribution in [2.45, 2.75) is 39.0 Å². The van der Waals surface area contributed by atoms with Gasteiger partial charge >= 0.3 is 0 Å². The zero-order valence-corrected chi connectivity index (χ0v) is 12.6. The molecule has 2 unspecified atom stereocenters. The maximum absolute atomic E-state index is 4.58. The first-order chi connectivity index (χ1) is 8.74. The third-order valence-corrected chi connectivity index (χ3v) is 5.48. The molecular formula is C15H21BrN2. The predicted octanol–water partition coefficient (Wildman–Crippen LogP) is 4.17. The van der Waals surface area contributed by atoms with Gasteiger partial charge in [0.1, 0.15) is 5.82 Å². The minimum atomic E-state index is 0.915. The van der Waals surface area contributed by atoms with E-state index in [4.69, 9.17) is 0 Å². The lowest BCUT2D eigenvalue weighted by atomic mass is 9.75. The number of hydrogen-bond acceptors (Lipinski definition) is 2. The fraction of sp³-hybridized carbons (Fsp3) is 0.667. The molecule has 1 saturated heterocycles. The Morgan fingerprint density at radius 2 is 2.00 bits per heavy atom. The largest absolute Gasteiger partial charge is 0.356 e. The summed E-state index contributed by atoms with van der Waals surface area (Å²) in [4.78, 5) is 7.07. The van der Waals surface area contributed by atoms with Gasteiger partial charge in [0.2, 0.25) is 0 Å². The highest BCUT2D eigenvalue weighted by atomic mass is 79.9. The van der Waals surface area contributed by atoms with E-state index in [1.54, 1.807) is 0 Å². The SMILES string of the molecule is Cc1cc(N2CCC3CCCCC3C2)ncc1Br. The minimum Gasteiger partial charge on any atom is -0.356 e. The number of aromatic nitrogens is 1. The molecule has 2 heterocycles. The van der Waals surface area contributed by atoms with E-state index in [1.807, 2.05) is 6.20 Å². The molecule has 1 saturated carbocycles. The molecule has 2 aliphatic rings. The number of anilines is 1. The summed E-state index contributed by atoms with van der Waals surface area (Å²) in [7, 11) is 0. The van der Waals surface area contributed by atoms with Gasteiger partial charge in [-0.15, -0.1) is 0 Å². The van der Waals surface area contributed by atoms with Crippen LogP contribution in [0.15, 0.2) is 16.7 Å². The molecule has 1 aromatic heterocycles. The lowest BCUT2D eigenvalue weighted by Crippen LogP contribution is -2.42. The van der Waals surface area contributed by atoms with E-state index < -0.39 is 0 Å². The molecule has 1 aliphatic carbocycles. The zero-order chi connectivity index (χ0) is 12.5. The molecule has 1 aliphatic heterocycles. The van der Waals surface area contributed by atoms with E-state index >= 15 is 0 Å². The molecule has 2 fully saturated rings. The van der Waals surface area contributed by atoms with Crippen molar-refractivity contribution >= 4 is 21.7 Å². The number of aryl methyl sites for hydroxylation is 1. The van der Waals surface area contributed by atoms with Gasteiger partial charge in [-0.1, -0.05) is 19.3 Å². The van der Waals surface area contributed by atoms with Crippen LogP contribution in [0.3, 0.4) is 0 Å². The molecule has 3 rings (SSSR count). The number of nitrogens with zero attached hydrogens (tertiary/aromatic N) is 2. The molecule has 1 aromatic rings. The molecule has 0 amide bonds. The van der Waals surface area contributed by atoms with Crippen molar-refractivity contribution < 1.29 is 0 Å². The summed E-state index contributed by atoms with van der Waals surface area (Å²) in [5.41, 5.74) is 1.28. The summed E-state index contributed by atoms with van der Waals surface area (Å²) in [6.07, 6.45) is 9.08. The van der Waals surface area contributed by atoms with Gasteiger partial charge in [0, 0.05) is 23.8 Å². The highest BCUT2D eigenvalue weighted by molar-refractivity contribution is 9.10. The van der Waals surface area contributed by atoms with Crippen LogP contribution in [-0.4, -0.2) is 18.1 Å². The van der Waals surface area contributed by atoms with E-state index in [2.05, 4.69) is 38.8 Å². The number of pyridine rings is 1. The van der Waals surface area contributed by atoms with Crippen molar-refractivity contribution in [3.63, 3.8) is 0 Å². The lowest BCUT2D eigenvalue weighted by Gasteiger charge is -2.41. The molecule has 18 heavy (non-hydrogen) atoms. The molecule has 0 spiro atoms. The van der Waals surface area contributed by atoms with Crippen molar-refractivity contribution in [3.05, 3.63) is 22.3 Å². The molecular weight excluding hydrogens is 288 g/mol. The fourth-order valence-electron chi connectivity index (χ4n) is 3.51. The molecule has 2 nitrogen and oxygen atoms in total. The summed E-state index contributed by atoms with van der Waals surface area (Å²) in [5.74, 6) is 3.07. The molecule has 0 N–H and O–H groups in total. The Hall–Kier alpha value is -0.570. The highest BCUT2D eigenvalue weighted by Crippen LogP contribution is 2.37. The van der Waals surface area contributed by atoms with Crippen molar-refractivity contribution in [2.24, 2.45) is 11.8 Å². The van der Waals surface area contributed by atoms with E-state index in [0.717, 1.165) is 16.3 Å². The summed E-state index contributed by atoms with van der Waals surface area (Å²) in [6, 6.07) is 2.22. The number of fused-ring (bicyclic) bond motifs is 1. The van der Waals surface area contributed by atoms with Crippen LogP contribution in [0.2, 0.25) is 0 Å². The first-order valence-electron chi connectivity index (χ1n) is 7.11. The Bertz CT molecular complexity index is 433. The van der Waals surface area contributed by atoms with Gasteiger partial charge in [-0.2, -0.15) is 0 Å². The Morgan fingerprint density at radius 1 is 1.22 bits per heavy atom. The van der Waals surface area contributed by atoms with Crippen LogP contribution < -0.4 is 4.90 Å². The number of halogens is 1. The second kappa shape index (κ2) is 5.20. The second-order valence-electron chi connectivity index (χ2n) is 5.83. The normalized spacial score (nSPS) is 28.0. The predicted molar refractivity (Wildman–Crippen MR) is 79.0 cm³/mol. The van der Waals surface area contributed by atoms with Gasteiger partial charge in [-0.05, 0) is 59.2 Å². The summed E-state index contributed by atoms with van der Waals surface area (Å²) in [5, 5.41) is 0. The third-order valence-electron chi connectivity index (χ3n) is 4.65. The van der Waals surface area contributed by atoms with Gasteiger partial charge in [-0.25, -0.2) is 4.98 Å². The Kier molecular flexibility index (Phi) is 3.60.